The number of carbonyl (C=O) groups excluding carboxylic acids is 3. The average Bonchev–Trinajstić information content (AvgIpc) is 2.75. The fraction of sp³-hybridized carbons (Fsp3) is 0.318. The van der Waals surface area contributed by atoms with Gasteiger partial charge in [0, 0.05) is 34.7 Å². The molecule has 2 atom stereocenters. The molecule has 2 amide bonds. The van der Waals surface area contributed by atoms with Crippen LogP contribution in [0.5, 0.6) is 5.75 Å². The molecule has 7 heteroatoms. The Balaban J connectivity index is 1.61. The molecule has 7 nitrogen and oxygen atoms in total. The van der Waals surface area contributed by atoms with Crippen LogP contribution < -0.4 is 20.5 Å². The summed E-state index contributed by atoms with van der Waals surface area (Å²) >= 11 is 0. The fourth-order valence-corrected chi connectivity index (χ4v) is 3.57. The lowest BCUT2D eigenvalue weighted by atomic mass is 9.78. The van der Waals surface area contributed by atoms with Gasteiger partial charge in [-0.05, 0) is 55.3 Å². The molecule has 0 saturated heterocycles. The molecule has 0 spiro atoms. The Kier molecular flexibility index (Phi) is 6.49. The summed E-state index contributed by atoms with van der Waals surface area (Å²) < 4.78 is 5.12. The van der Waals surface area contributed by atoms with Crippen LogP contribution in [-0.2, 0) is 9.59 Å². The highest BCUT2D eigenvalue weighted by Crippen LogP contribution is 2.31. The number of anilines is 2. The molecule has 2 aromatic carbocycles. The molecule has 0 heterocycles. The normalized spacial score (nSPS) is 18.5. The number of hydrogen-bond donors (Lipinski definition) is 2. The maximum absolute atomic E-state index is 12.5. The SMILES string of the molecule is COc1cccc(C(=O)Nc2ccc(NC(=O)[C@@H]3CCCC[C@H]3C(=O)[O-])cc2)c1. The molecular formula is C22H23N2O5-. The summed E-state index contributed by atoms with van der Waals surface area (Å²) in [5, 5.41) is 16.8. The van der Waals surface area contributed by atoms with E-state index in [4.69, 9.17) is 4.74 Å². The van der Waals surface area contributed by atoms with Crippen molar-refractivity contribution in [2.75, 3.05) is 17.7 Å². The van der Waals surface area contributed by atoms with Gasteiger partial charge in [-0.25, -0.2) is 0 Å². The van der Waals surface area contributed by atoms with Crippen LogP contribution in [0.15, 0.2) is 48.5 Å². The van der Waals surface area contributed by atoms with Crippen molar-refractivity contribution in [1.82, 2.24) is 0 Å². The van der Waals surface area contributed by atoms with Gasteiger partial charge in [0.15, 0.2) is 0 Å². The summed E-state index contributed by atoms with van der Waals surface area (Å²) in [6.07, 6.45) is 2.63. The smallest absolute Gasteiger partial charge is 0.255 e. The summed E-state index contributed by atoms with van der Waals surface area (Å²) in [6, 6.07) is 13.5. The minimum absolute atomic E-state index is 0.278. The Morgan fingerprint density at radius 1 is 0.931 bits per heavy atom. The summed E-state index contributed by atoms with van der Waals surface area (Å²) in [5.74, 6) is -2.49. The van der Waals surface area contributed by atoms with Gasteiger partial charge in [0.05, 0.1) is 7.11 Å². The van der Waals surface area contributed by atoms with Gasteiger partial charge in [-0.1, -0.05) is 18.9 Å². The number of amides is 2. The van der Waals surface area contributed by atoms with Crippen molar-refractivity contribution in [3.63, 3.8) is 0 Å². The molecule has 0 bridgehead atoms. The number of carboxylic acids is 1. The van der Waals surface area contributed by atoms with E-state index in [0.29, 0.717) is 35.5 Å². The zero-order valence-corrected chi connectivity index (χ0v) is 16.1. The van der Waals surface area contributed by atoms with Crippen molar-refractivity contribution in [1.29, 1.82) is 0 Å². The van der Waals surface area contributed by atoms with E-state index in [-0.39, 0.29) is 11.8 Å². The highest BCUT2D eigenvalue weighted by Gasteiger charge is 2.31. The Morgan fingerprint density at radius 3 is 2.17 bits per heavy atom. The van der Waals surface area contributed by atoms with Crippen molar-refractivity contribution in [3.05, 3.63) is 54.1 Å². The molecule has 1 saturated carbocycles. The molecule has 1 aliphatic rings. The van der Waals surface area contributed by atoms with Crippen LogP contribution in [0.3, 0.4) is 0 Å². The molecule has 29 heavy (non-hydrogen) atoms. The molecule has 2 N–H and O–H groups in total. The molecule has 2 aromatic rings. The average molecular weight is 395 g/mol. The van der Waals surface area contributed by atoms with Gasteiger partial charge in [0.2, 0.25) is 5.91 Å². The Morgan fingerprint density at radius 2 is 1.55 bits per heavy atom. The molecule has 152 valence electrons. The van der Waals surface area contributed by atoms with E-state index >= 15 is 0 Å². The van der Waals surface area contributed by atoms with Gasteiger partial charge in [0.25, 0.3) is 5.91 Å². The molecule has 1 aliphatic carbocycles. The lowest BCUT2D eigenvalue weighted by Crippen LogP contribution is -2.42. The van der Waals surface area contributed by atoms with Crippen molar-refractivity contribution >= 4 is 29.2 Å². The summed E-state index contributed by atoms with van der Waals surface area (Å²) in [7, 11) is 1.53. The van der Waals surface area contributed by atoms with E-state index in [0.717, 1.165) is 12.8 Å². The third-order valence-corrected chi connectivity index (χ3v) is 5.15. The summed E-state index contributed by atoms with van der Waals surface area (Å²) in [4.78, 5) is 36.1. The van der Waals surface area contributed by atoms with E-state index in [2.05, 4.69) is 10.6 Å². The molecule has 0 aliphatic heterocycles. The topological polar surface area (TPSA) is 108 Å². The van der Waals surface area contributed by atoms with E-state index < -0.39 is 17.8 Å². The fourth-order valence-electron chi connectivity index (χ4n) is 3.57. The number of carbonyl (C=O) groups is 3. The zero-order chi connectivity index (χ0) is 20.8. The monoisotopic (exact) mass is 395 g/mol. The van der Waals surface area contributed by atoms with Gasteiger partial charge in [-0.3, -0.25) is 9.59 Å². The Hall–Kier alpha value is -3.35. The van der Waals surface area contributed by atoms with Crippen LogP contribution in [0.1, 0.15) is 36.0 Å². The highest BCUT2D eigenvalue weighted by atomic mass is 16.5. The van der Waals surface area contributed by atoms with Crippen molar-refractivity contribution in [2.45, 2.75) is 25.7 Å². The second-order valence-corrected chi connectivity index (χ2v) is 7.07. The first-order valence-corrected chi connectivity index (χ1v) is 9.55. The van der Waals surface area contributed by atoms with Crippen LogP contribution in [0, 0.1) is 11.8 Å². The molecule has 0 unspecified atom stereocenters. The molecule has 1 fully saturated rings. The second kappa shape index (κ2) is 9.23. The second-order valence-electron chi connectivity index (χ2n) is 7.07. The molecule has 3 rings (SSSR count). The minimum atomic E-state index is -1.17. The molecular weight excluding hydrogens is 372 g/mol. The maximum atomic E-state index is 12.5. The Bertz CT molecular complexity index is 894. The van der Waals surface area contributed by atoms with Crippen LogP contribution >= 0.6 is 0 Å². The number of hydrogen-bond acceptors (Lipinski definition) is 5. The summed E-state index contributed by atoms with van der Waals surface area (Å²) in [6.45, 7) is 0. The number of ether oxygens (including phenoxy) is 1. The van der Waals surface area contributed by atoms with Gasteiger partial charge in [0.1, 0.15) is 5.75 Å². The van der Waals surface area contributed by atoms with E-state index in [1.54, 1.807) is 48.5 Å². The predicted octanol–water partition coefficient (Wildman–Crippen LogP) is 2.44. The minimum Gasteiger partial charge on any atom is -0.550 e. The van der Waals surface area contributed by atoms with Crippen molar-refractivity contribution in [2.24, 2.45) is 11.8 Å². The van der Waals surface area contributed by atoms with Crippen LogP contribution in [-0.4, -0.2) is 24.9 Å². The van der Waals surface area contributed by atoms with E-state index in [1.165, 1.54) is 7.11 Å². The van der Waals surface area contributed by atoms with E-state index in [9.17, 15) is 19.5 Å². The number of carboxylic acid groups (broad SMARTS) is 1. The third kappa shape index (κ3) is 5.13. The lowest BCUT2D eigenvalue weighted by molar-refractivity contribution is -0.313. The maximum Gasteiger partial charge on any atom is 0.255 e. The molecule has 0 radical (unpaired) electrons. The van der Waals surface area contributed by atoms with Crippen LogP contribution in [0.2, 0.25) is 0 Å². The number of rotatable bonds is 6. The number of aliphatic carboxylic acids is 1. The van der Waals surface area contributed by atoms with E-state index in [1.807, 2.05) is 0 Å². The van der Waals surface area contributed by atoms with Crippen molar-refractivity contribution in [3.8, 4) is 5.75 Å². The van der Waals surface area contributed by atoms with Gasteiger partial charge in [-0.15, -0.1) is 0 Å². The lowest BCUT2D eigenvalue weighted by Gasteiger charge is -2.31. The zero-order valence-electron chi connectivity index (χ0n) is 16.1. The highest BCUT2D eigenvalue weighted by molar-refractivity contribution is 6.04. The van der Waals surface area contributed by atoms with Gasteiger partial charge >= 0.3 is 0 Å². The number of benzene rings is 2. The first-order chi connectivity index (χ1) is 14.0. The quantitative estimate of drug-likeness (QED) is 0.781. The number of nitrogens with one attached hydrogen (secondary N) is 2. The first kappa shape index (κ1) is 20.4. The molecule has 0 aromatic heterocycles. The van der Waals surface area contributed by atoms with Gasteiger partial charge in [-0.2, -0.15) is 0 Å². The standard InChI is InChI=1S/C22H24N2O5/c1-29-17-6-4-5-14(13-17)20(25)23-15-9-11-16(12-10-15)24-21(26)18-7-2-3-8-19(18)22(27)28/h4-6,9-13,18-19H,2-3,7-8H2,1H3,(H,23,25)(H,24,26)(H,27,28)/p-1/t18-,19-/m1/s1. The predicted molar refractivity (Wildman–Crippen MR) is 106 cm³/mol. The Labute approximate surface area is 169 Å². The largest absolute Gasteiger partial charge is 0.550 e. The number of methoxy groups -OCH3 is 1. The van der Waals surface area contributed by atoms with Gasteiger partial charge < -0.3 is 25.3 Å². The first-order valence-electron chi connectivity index (χ1n) is 9.55. The van der Waals surface area contributed by atoms with Crippen LogP contribution in [0.25, 0.3) is 0 Å². The van der Waals surface area contributed by atoms with Crippen LogP contribution in [0.4, 0.5) is 11.4 Å². The summed E-state index contributed by atoms with van der Waals surface area (Å²) in [5.41, 5.74) is 1.57. The third-order valence-electron chi connectivity index (χ3n) is 5.15. The van der Waals surface area contributed by atoms with Crippen molar-refractivity contribution < 1.29 is 24.2 Å².